The van der Waals surface area contributed by atoms with E-state index in [4.69, 9.17) is 21.1 Å². The standard InChI is InChI=1S/C19H30ClN3O5S/c1-27-13-11-22(12-14-28-2)10-7-19(24)21-18-15-16(5-6-17(18)20)29(25,26)23-8-3-4-9-23/h5-6,15H,3-4,7-14H2,1-2H3,(H,21,24). The number of benzene rings is 1. The molecule has 0 unspecified atom stereocenters. The number of rotatable bonds is 12. The largest absolute Gasteiger partial charge is 0.383 e. The summed E-state index contributed by atoms with van der Waals surface area (Å²) in [6.45, 7) is 4.08. The Hall–Kier alpha value is -1.23. The lowest BCUT2D eigenvalue weighted by molar-refractivity contribution is -0.116. The molecule has 1 heterocycles. The molecule has 1 aliphatic heterocycles. The number of amides is 1. The van der Waals surface area contributed by atoms with Gasteiger partial charge in [0.05, 0.1) is 28.8 Å². The van der Waals surface area contributed by atoms with Gasteiger partial charge in [-0.3, -0.25) is 9.69 Å². The van der Waals surface area contributed by atoms with Crippen LogP contribution in [0.25, 0.3) is 0 Å². The van der Waals surface area contributed by atoms with Gasteiger partial charge in [-0.2, -0.15) is 4.31 Å². The molecule has 10 heteroatoms. The first kappa shape index (κ1) is 24.0. The highest BCUT2D eigenvalue weighted by Gasteiger charge is 2.27. The van der Waals surface area contributed by atoms with Crippen LogP contribution in [0.3, 0.4) is 0 Å². The van der Waals surface area contributed by atoms with Gasteiger partial charge in [-0.25, -0.2) is 8.42 Å². The zero-order chi connectivity index (χ0) is 21.3. The minimum atomic E-state index is -3.57. The van der Waals surface area contributed by atoms with Crippen LogP contribution in [0, 0.1) is 0 Å². The molecule has 0 radical (unpaired) electrons. The van der Waals surface area contributed by atoms with Crippen molar-refractivity contribution in [2.24, 2.45) is 0 Å². The molecule has 1 N–H and O–H groups in total. The number of methoxy groups -OCH3 is 2. The fraction of sp³-hybridized carbons (Fsp3) is 0.632. The summed E-state index contributed by atoms with van der Waals surface area (Å²) < 4.78 is 37.1. The maximum atomic E-state index is 12.7. The summed E-state index contributed by atoms with van der Waals surface area (Å²) in [7, 11) is -0.310. The van der Waals surface area contributed by atoms with E-state index >= 15 is 0 Å². The molecule has 1 amide bonds. The van der Waals surface area contributed by atoms with Crippen molar-refractivity contribution in [1.82, 2.24) is 9.21 Å². The highest BCUT2D eigenvalue weighted by molar-refractivity contribution is 7.89. The highest BCUT2D eigenvalue weighted by atomic mass is 35.5. The molecule has 1 fully saturated rings. The van der Waals surface area contributed by atoms with Gasteiger partial charge >= 0.3 is 0 Å². The van der Waals surface area contributed by atoms with E-state index in [1.165, 1.54) is 22.5 Å². The zero-order valence-electron chi connectivity index (χ0n) is 17.0. The SMILES string of the molecule is COCCN(CCOC)CCC(=O)Nc1cc(S(=O)(=O)N2CCCC2)ccc1Cl. The van der Waals surface area contributed by atoms with E-state index in [9.17, 15) is 13.2 Å². The fourth-order valence-corrected chi connectivity index (χ4v) is 4.80. The van der Waals surface area contributed by atoms with Gasteiger partial charge in [-0.05, 0) is 31.0 Å². The molecule has 0 bridgehead atoms. The Kier molecular flexibility index (Phi) is 9.81. The number of hydrogen-bond donors (Lipinski definition) is 1. The van der Waals surface area contributed by atoms with Gasteiger partial charge in [0.2, 0.25) is 15.9 Å². The first-order valence-corrected chi connectivity index (χ1v) is 11.5. The quantitative estimate of drug-likeness (QED) is 0.527. The number of hydrogen-bond acceptors (Lipinski definition) is 6. The monoisotopic (exact) mass is 447 g/mol. The van der Waals surface area contributed by atoms with E-state index in [1.54, 1.807) is 14.2 Å². The number of halogens is 1. The van der Waals surface area contributed by atoms with Crippen molar-refractivity contribution >= 4 is 33.2 Å². The minimum absolute atomic E-state index is 0.140. The van der Waals surface area contributed by atoms with Crippen LogP contribution in [0.4, 0.5) is 5.69 Å². The van der Waals surface area contributed by atoms with Gasteiger partial charge in [-0.1, -0.05) is 11.6 Å². The number of sulfonamides is 1. The Morgan fingerprint density at radius 3 is 2.34 bits per heavy atom. The van der Waals surface area contributed by atoms with Gasteiger partial charge < -0.3 is 14.8 Å². The summed E-state index contributed by atoms with van der Waals surface area (Å²) in [6, 6.07) is 4.41. The van der Waals surface area contributed by atoms with Crippen LogP contribution in [-0.4, -0.2) is 83.7 Å². The number of carbonyl (C=O) groups is 1. The Morgan fingerprint density at radius 1 is 1.14 bits per heavy atom. The van der Waals surface area contributed by atoms with Crippen LogP contribution in [0.5, 0.6) is 0 Å². The van der Waals surface area contributed by atoms with Gasteiger partial charge in [-0.15, -0.1) is 0 Å². The first-order chi connectivity index (χ1) is 13.9. The Bertz CT molecular complexity index is 761. The van der Waals surface area contributed by atoms with Crippen LogP contribution in [0.15, 0.2) is 23.1 Å². The van der Waals surface area contributed by atoms with Crippen molar-refractivity contribution in [2.75, 3.05) is 65.5 Å². The molecule has 1 aliphatic rings. The molecule has 0 saturated carbocycles. The Labute approximate surface area is 178 Å². The van der Waals surface area contributed by atoms with Crippen molar-refractivity contribution in [2.45, 2.75) is 24.2 Å². The van der Waals surface area contributed by atoms with Crippen molar-refractivity contribution < 1.29 is 22.7 Å². The number of ether oxygens (including phenoxy) is 2. The average Bonchev–Trinajstić information content (AvgIpc) is 3.24. The second kappa shape index (κ2) is 11.8. The first-order valence-electron chi connectivity index (χ1n) is 9.68. The molecular formula is C19H30ClN3O5S. The maximum absolute atomic E-state index is 12.7. The van der Waals surface area contributed by atoms with E-state index < -0.39 is 10.0 Å². The molecule has 1 aromatic carbocycles. The normalized spacial score (nSPS) is 15.2. The Balaban J connectivity index is 2.00. The molecule has 164 valence electrons. The maximum Gasteiger partial charge on any atom is 0.243 e. The van der Waals surface area contributed by atoms with E-state index in [0.29, 0.717) is 56.6 Å². The number of anilines is 1. The van der Waals surface area contributed by atoms with E-state index in [-0.39, 0.29) is 17.2 Å². The lowest BCUT2D eigenvalue weighted by Gasteiger charge is -2.21. The summed E-state index contributed by atoms with van der Waals surface area (Å²) in [5.74, 6) is -0.234. The van der Waals surface area contributed by atoms with Crippen molar-refractivity contribution in [3.8, 4) is 0 Å². The summed E-state index contributed by atoms with van der Waals surface area (Å²) in [5, 5.41) is 3.04. The predicted molar refractivity (Wildman–Crippen MR) is 113 cm³/mol. The third kappa shape index (κ3) is 7.20. The molecule has 0 aliphatic carbocycles. The van der Waals surface area contributed by atoms with E-state index in [2.05, 4.69) is 10.2 Å². The molecule has 1 aromatic rings. The lowest BCUT2D eigenvalue weighted by atomic mass is 10.3. The summed E-state index contributed by atoms with van der Waals surface area (Å²) in [6.07, 6.45) is 1.96. The molecule has 0 spiro atoms. The number of carbonyl (C=O) groups excluding carboxylic acids is 1. The van der Waals surface area contributed by atoms with Crippen molar-refractivity contribution in [3.05, 3.63) is 23.2 Å². The average molecular weight is 448 g/mol. The van der Waals surface area contributed by atoms with Crippen LogP contribution in [-0.2, 0) is 24.3 Å². The second-order valence-electron chi connectivity index (χ2n) is 6.88. The van der Waals surface area contributed by atoms with E-state index in [1.807, 2.05) is 0 Å². The third-order valence-corrected chi connectivity index (χ3v) is 7.02. The molecule has 2 rings (SSSR count). The summed E-state index contributed by atoms with van der Waals surface area (Å²) in [4.78, 5) is 14.6. The number of nitrogens with one attached hydrogen (secondary N) is 1. The molecule has 0 atom stereocenters. The molecule has 29 heavy (non-hydrogen) atoms. The summed E-state index contributed by atoms with van der Waals surface area (Å²) >= 11 is 6.18. The third-order valence-electron chi connectivity index (χ3n) is 4.79. The van der Waals surface area contributed by atoms with Crippen LogP contribution < -0.4 is 5.32 Å². The molecule has 0 aromatic heterocycles. The van der Waals surface area contributed by atoms with Gasteiger partial charge in [0.15, 0.2) is 0 Å². The number of nitrogens with zero attached hydrogens (tertiary/aromatic N) is 2. The van der Waals surface area contributed by atoms with Gasteiger partial charge in [0, 0.05) is 53.4 Å². The lowest BCUT2D eigenvalue weighted by Crippen LogP contribution is -2.33. The van der Waals surface area contributed by atoms with Crippen LogP contribution in [0.2, 0.25) is 5.02 Å². The second-order valence-corrected chi connectivity index (χ2v) is 9.22. The topological polar surface area (TPSA) is 88.2 Å². The van der Waals surface area contributed by atoms with Gasteiger partial charge in [0.1, 0.15) is 0 Å². The van der Waals surface area contributed by atoms with Crippen molar-refractivity contribution in [3.63, 3.8) is 0 Å². The van der Waals surface area contributed by atoms with Crippen LogP contribution >= 0.6 is 11.6 Å². The molecule has 8 nitrogen and oxygen atoms in total. The predicted octanol–water partition coefficient (Wildman–Crippen LogP) is 2.05. The van der Waals surface area contributed by atoms with Crippen molar-refractivity contribution in [1.29, 1.82) is 0 Å². The van der Waals surface area contributed by atoms with Gasteiger partial charge in [0.25, 0.3) is 0 Å². The smallest absolute Gasteiger partial charge is 0.243 e. The summed E-state index contributed by atoms with van der Waals surface area (Å²) in [5.41, 5.74) is 0.303. The van der Waals surface area contributed by atoms with E-state index in [0.717, 1.165) is 12.8 Å². The fourth-order valence-electron chi connectivity index (χ4n) is 3.09. The highest BCUT2D eigenvalue weighted by Crippen LogP contribution is 2.28. The molecular weight excluding hydrogens is 418 g/mol. The minimum Gasteiger partial charge on any atom is -0.383 e. The molecule has 1 saturated heterocycles. The van der Waals surface area contributed by atoms with Crippen LogP contribution in [0.1, 0.15) is 19.3 Å². The zero-order valence-corrected chi connectivity index (χ0v) is 18.6. The Morgan fingerprint density at radius 2 is 1.76 bits per heavy atom.